The number of carbonyl (C=O) groups is 1. The molecule has 5 saturated carbocycles. The zero-order chi connectivity index (χ0) is 22.8. The van der Waals surface area contributed by atoms with E-state index in [0.717, 1.165) is 38.5 Å². The Labute approximate surface area is 188 Å². The highest BCUT2D eigenvalue weighted by Gasteiger charge is 2.86. The summed E-state index contributed by atoms with van der Waals surface area (Å²) in [5, 5.41) is 21.7. The predicted octanol–water partition coefficient (Wildman–Crippen LogP) is 2.83. The normalized spacial score (nSPS) is 58.9. The Balaban J connectivity index is 1.58. The summed E-state index contributed by atoms with van der Waals surface area (Å²) in [5.74, 6) is 1.25. The number of nitrogens with two attached hydrogens (primary N) is 1. The lowest BCUT2D eigenvalue weighted by Crippen LogP contribution is -2.63. The molecule has 5 aliphatic rings. The number of fused-ring (bicyclic) bond motifs is 2. The van der Waals surface area contributed by atoms with E-state index < -0.39 is 0 Å². The molecule has 0 aromatic rings. The van der Waals surface area contributed by atoms with Crippen LogP contribution in [0.15, 0.2) is 0 Å². The highest BCUT2D eigenvalue weighted by molar-refractivity contribution is 5.92. The summed E-state index contributed by atoms with van der Waals surface area (Å²) in [4.78, 5) is 16.4. The molecule has 5 nitrogen and oxygen atoms in total. The third-order valence-electron chi connectivity index (χ3n) is 12.5. The van der Waals surface area contributed by atoms with Crippen molar-refractivity contribution in [2.75, 3.05) is 20.7 Å². The zero-order valence-electron chi connectivity index (χ0n) is 20.4. The number of hydrogen-bond donors (Lipinski definition) is 3. The molecule has 0 bridgehead atoms. The average molecular weight is 433 g/mol. The minimum atomic E-state index is -0.356. The van der Waals surface area contributed by atoms with Crippen molar-refractivity contribution in [1.29, 1.82) is 0 Å². The Hall–Kier alpha value is -0.490. The lowest BCUT2D eigenvalue weighted by atomic mass is 9.41. The Morgan fingerprint density at radius 2 is 1.77 bits per heavy atom. The van der Waals surface area contributed by atoms with Crippen LogP contribution in [-0.4, -0.2) is 59.8 Å². The van der Waals surface area contributed by atoms with E-state index in [0.29, 0.717) is 24.0 Å². The van der Waals surface area contributed by atoms with Crippen LogP contribution in [0.2, 0.25) is 0 Å². The van der Waals surface area contributed by atoms with Gasteiger partial charge in [-0.15, -0.1) is 0 Å². The molecular weight excluding hydrogens is 388 g/mol. The number of nitrogens with zero attached hydrogens (tertiary/aromatic N) is 1. The van der Waals surface area contributed by atoms with E-state index in [9.17, 15) is 15.0 Å². The van der Waals surface area contributed by atoms with E-state index in [1.165, 1.54) is 0 Å². The fraction of sp³-hybridized carbons (Fsp3) is 0.962. The highest BCUT2D eigenvalue weighted by Crippen LogP contribution is 2.87. The van der Waals surface area contributed by atoms with Crippen molar-refractivity contribution in [2.45, 2.75) is 90.8 Å². The largest absolute Gasteiger partial charge is 0.396 e. The van der Waals surface area contributed by atoms with Gasteiger partial charge in [0.2, 0.25) is 0 Å². The minimum absolute atomic E-state index is 0.0143. The van der Waals surface area contributed by atoms with Crippen LogP contribution in [-0.2, 0) is 4.79 Å². The summed E-state index contributed by atoms with van der Waals surface area (Å²) in [5.41, 5.74) is 5.86. The molecule has 31 heavy (non-hydrogen) atoms. The molecule has 11 atom stereocenters. The standard InChI is InChI=1S/C26H44N2O3/c1-15(28(5)6)21-16(30)11-23(3)18-8-7-17-22(2,14-29)19(27)9-10-25(17)13-26(18,25)20(31)12-24(21,23)4/h15-19,21,29-30H,7-14,27H2,1-6H3/t15-,16+,17?,18?,19-,21-,22-,23-,24+,25?,26-/m0/s1. The predicted molar refractivity (Wildman–Crippen MR) is 121 cm³/mol. The van der Waals surface area contributed by atoms with E-state index in [1.807, 2.05) is 0 Å². The first-order chi connectivity index (χ1) is 14.4. The first-order valence-electron chi connectivity index (χ1n) is 12.6. The molecule has 2 spiro atoms. The van der Waals surface area contributed by atoms with Crippen molar-refractivity contribution < 1.29 is 15.0 Å². The summed E-state index contributed by atoms with van der Waals surface area (Å²) >= 11 is 0. The molecule has 0 aromatic carbocycles. The fourth-order valence-electron chi connectivity index (χ4n) is 10.4. The zero-order valence-corrected chi connectivity index (χ0v) is 20.4. The molecule has 5 aliphatic carbocycles. The smallest absolute Gasteiger partial charge is 0.140 e. The molecule has 5 heteroatoms. The Morgan fingerprint density at radius 1 is 1.13 bits per heavy atom. The van der Waals surface area contributed by atoms with Gasteiger partial charge in [-0.1, -0.05) is 20.8 Å². The molecule has 3 unspecified atom stereocenters. The van der Waals surface area contributed by atoms with Gasteiger partial charge >= 0.3 is 0 Å². The summed E-state index contributed by atoms with van der Waals surface area (Å²) in [6, 6.07) is 0.249. The van der Waals surface area contributed by atoms with Crippen LogP contribution in [0.1, 0.15) is 72.6 Å². The van der Waals surface area contributed by atoms with E-state index >= 15 is 0 Å². The maximum absolute atomic E-state index is 14.2. The molecule has 0 aliphatic heterocycles. The molecule has 0 saturated heterocycles. The Kier molecular flexibility index (Phi) is 4.56. The van der Waals surface area contributed by atoms with E-state index in [-0.39, 0.29) is 57.8 Å². The van der Waals surface area contributed by atoms with Gasteiger partial charge < -0.3 is 20.8 Å². The van der Waals surface area contributed by atoms with Gasteiger partial charge in [0.1, 0.15) is 5.78 Å². The fourth-order valence-corrected chi connectivity index (χ4v) is 10.4. The van der Waals surface area contributed by atoms with Crippen LogP contribution in [0.5, 0.6) is 0 Å². The lowest BCUT2D eigenvalue weighted by Gasteiger charge is -2.62. The summed E-state index contributed by atoms with van der Waals surface area (Å²) in [6.07, 6.45) is 6.06. The van der Waals surface area contributed by atoms with Gasteiger partial charge in [-0.2, -0.15) is 0 Å². The van der Waals surface area contributed by atoms with Crippen LogP contribution in [0.3, 0.4) is 0 Å². The lowest BCUT2D eigenvalue weighted by molar-refractivity contribution is -0.172. The quantitative estimate of drug-likeness (QED) is 0.638. The third kappa shape index (κ3) is 2.26. The van der Waals surface area contributed by atoms with Crippen molar-refractivity contribution in [1.82, 2.24) is 4.90 Å². The molecule has 5 rings (SSSR count). The monoisotopic (exact) mass is 432 g/mol. The number of rotatable bonds is 3. The van der Waals surface area contributed by atoms with Crippen LogP contribution in [0.4, 0.5) is 0 Å². The van der Waals surface area contributed by atoms with Gasteiger partial charge in [-0.25, -0.2) is 0 Å². The number of aliphatic hydroxyl groups excluding tert-OH is 2. The van der Waals surface area contributed by atoms with Crippen LogP contribution < -0.4 is 5.73 Å². The first-order valence-corrected chi connectivity index (χ1v) is 12.6. The van der Waals surface area contributed by atoms with Gasteiger partial charge in [-0.05, 0) is 87.6 Å². The second-order valence-corrected chi connectivity index (χ2v) is 13.2. The maximum atomic E-state index is 14.2. The molecule has 0 heterocycles. The number of Topliss-reactive ketones (excluding diaryl/α,β-unsaturated/α-hetero) is 1. The summed E-state index contributed by atoms with van der Waals surface area (Å²) in [6.45, 7) is 9.22. The molecule has 5 fully saturated rings. The van der Waals surface area contributed by atoms with Gasteiger partial charge in [0.05, 0.1) is 12.7 Å². The number of carbonyl (C=O) groups excluding carboxylic acids is 1. The van der Waals surface area contributed by atoms with Crippen molar-refractivity contribution in [3.8, 4) is 0 Å². The Bertz CT molecular complexity index is 802. The first kappa shape index (κ1) is 22.3. The molecule has 4 N–H and O–H groups in total. The molecule has 0 aromatic heterocycles. The number of hydrogen-bond acceptors (Lipinski definition) is 5. The second kappa shape index (κ2) is 6.34. The van der Waals surface area contributed by atoms with Gasteiger partial charge in [0, 0.05) is 35.3 Å². The Morgan fingerprint density at radius 3 is 2.39 bits per heavy atom. The van der Waals surface area contributed by atoms with Crippen LogP contribution in [0.25, 0.3) is 0 Å². The van der Waals surface area contributed by atoms with E-state index in [2.05, 4.69) is 46.7 Å². The van der Waals surface area contributed by atoms with Crippen molar-refractivity contribution in [3.63, 3.8) is 0 Å². The van der Waals surface area contributed by atoms with Crippen LogP contribution in [0, 0.1) is 44.8 Å². The molecule has 0 radical (unpaired) electrons. The SMILES string of the molecule is C[C@@H]([C@H]1[C@H](O)C[C@@]2(C)C3CCC4C5(CC[C@H](N)[C@@]4(C)CO)C[C@@]35C(=O)C[C@]12C)N(C)C. The minimum Gasteiger partial charge on any atom is -0.396 e. The molecular formula is C26H44N2O3. The molecule has 0 amide bonds. The van der Waals surface area contributed by atoms with Gasteiger partial charge in [0.25, 0.3) is 0 Å². The van der Waals surface area contributed by atoms with Gasteiger partial charge in [0.15, 0.2) is 0 Å². The topological polar surface area (TPSA) is 86.8 Å². The highest BCUT2D eigenvalue weighted by atomic mass is 16.3. The third-order valence-corrected chi connectivity index (χ3v) is 12.5. The summed E-state index contributed by atoms with van der Waals surface area (Å²) < 4.78 is 0. The van der Waals surface area contributed by atoms with Crippen molar-refractivity contribution >= 4 is 5.78 Å². The van der Waals surface area contributed by atoms with Crippen LogP contribution >= 0.6 is 0 Å². The average Bonchev–Trinajstić information content (AvgIpc) is 3.34. The second-order valence-electron chi connectivity index (χ2n) is 13.2. The van der Waals surface area contributed by atoms with Crippen molar-refractivity contribution in [3.05, 3.63) is 0 Å². The van der Waals surface area contributed by atoms with Crippen molar-refractivity contribution in [2.24, 2.45) is 50.6 Å². The maximum Gasteiger partial charge on any atom is 0.140 e. The van der Waals surface area contributed by atoms with E-state index in [4.69, 9.17) is 5.73 Å². The summed E-state index contributed by atoms with van der Waals surface area (Å²) in [7, 11) is 4.18. The van der Waals surface area contributed by atoms with Gasteiger partial charge in [-0.3, -0.25) is 4.79 Å². The number of ketones is 1. The van der Waals surface area contributed by atoms with E-state index in [1.54, 1.807) is 0 Å². The number of aliphatic hydroxyl groups is 2. The molecule has 176 valence electrons.